The van der Waals surface area contributed by atoms with Crippen LogP contribution in [0.4, 0.5) is 0 Å². The fourth-order valence-electron chi connectivity index (χ4n) is 14.1. The molecule has 0 aromatic heterocycles. The Morgan fingerprint density at radius 2 is 0.981 bits per heavy atom. The molecule has 8 aliphatic rings. The Balaban J connectivity index is 1.13. The van der Waals surface area contributed by atoms with E-state index in [2.05, 4.69) is 12.1 Å². The van der Waals surface area contributed by atoms with E-state index in [1.807, 2.05) is 0 Å². The van der Waals surface area contributed by atoms with Crippen molar-refractivity contribution in [3.8, 4) is 5.75 Å². The van der Waals surface area contributed by atoms with Crippen molar-refractivity contribution in [2.24, 2.45) is 35.5 Å². The summed E-state index contributed by atoms with van der Waals surface area (Å²) in [7, 11) is -4.68. The lowest BCUT2D eigenvalue weighted by Gasteiger charge is -2.33. The summed E-state index contributed by atoms with van der Waals surface area (Å²) in [5, 5.41) is 0. The summed E-state index contributed by atoms with van der Waals surface area (Å²) in [5.41, 5.74) is 6.60. The Hall–Kier alpha value is -2.18. The number of ether oxygens (including phenoxy) is 1. The predicted molar refractivity (Wildman–Crippen MR) is 202 cm³/mol. The second-order valence-electron chi connectivity index (χ2n) is 19.4. The van der Waals surface area contributed by atoms with E-state index in [1.54, 1.807) is 12.1 Å². The molecule has 0 amide bonds. The van der Waals surface area contributed by atoms with Crippen molar-refractivity contribution >= 4 is 16.1 Å². The summed E-state index contributed by atoms with van der Waals surface area (Å²) in [6, 6.07) is 8.28. The molecule has 0 spiro atoms. The van der Waals surface area contributed by atoms with Crippen LogP contribution in [0.1, 0.15) is 209 Å². The van der Waals surface area contributed by atoms with Gasteiger partial charge in [-0.05, 0) is 189 Å². The van der Waals surface area contributed by atoms with Gasteiger partial charge >= 0.3 is 5.97 Å². The van der Waals surface area contributed by atoms with Crippen molar-refractivity contribution in [2.75, 3.05) is 0 Å². The van der Waals surface area contributed by atoms with Crippen molar-refractivity contribution in [1.82, 2.24) is 0 Å². The van der Waals surface area contributed by atoms with E-state index in [9.17, 15) is 13.0 Å². The van der Waals surface area contributed by atoms with Gasteiger partial charge in [0.2, 0.25) is 0 Å². The summed E-state index contributed by atoms with van der Waals surface area (Å²) >= 11 is 0. The number of benzene rings is 2. The maximum atomic E-state index is 15.5. The molecule has 0 heterocycles. The van der Waals surface area contributed by atoms with Gasteiger partial charge in [0.05, 0.1) is 10.5 Å². The minimum Gasteiger partial charge on any atom is -0.744 e. The number of esters is 1. The second kappa shape index (κ2) is 13.5. The molecular weight excluding hydrogens is 665 g/mol. The maximum absolute atomic E-state index is 15.5. The molecule has 8 saturated carbocycles. The molecule has 5 nitrogen and oxygen atoms in total. The van der Waals surface area contributed by atoms with Crippen LogP contribution in [-0.4, -0.2) is 18.9 Å². The minimum absolute atomic E-state index is 0.0934. The van der Waals surface area contributed by atoms with Crippen LogP contribution in [-0.2, 0) is 10.1 Å². The van der Waals surface area contributed by atoms with E-state index in [-0.39, 0.29) is 22.7 Å². The highest BCUT2D eigenvalue weighted by Crippen LogP contribution is 2.59. The van der Waals surface area contributed by atoms with Crippen LogP contribution in [0.15, 0.2) is 29.2 Å². The van der Waals surface area contributed by atoms with E-state index in [0.29, 0.717) is 35.3 Å². The standard InChI is InChI=1S/C46H60O5S/c47-46(51-45-40(30-7-3-1-4-8-30)25-36(52(48,49)50)26-41(45)31-9-5-2-6-10-31)44-42(38-21-28-12-15-33(38)18-28)23-35(37-20-27-11-14-32(37)17-27)24-43(44)39-22-29-13-16-34(39)19-29/h23-34,37-39H,1-22H2,(H,48,49,50)/p-1. The Labute approximate surface area is 312 Å². The number of hydrogen-bond acceptors (Lipinski definition) is 5. The smallest absolute Gasteiger partial charge is 0.344 e. The van der Waals surface area contributed by atoms with Crippen molar-refractivity contribution in [1.29, 1.82) is 0 Å². The van der Waals surface area contributed by atoms with Gasteiger partial charge in [-0.2, -0.15) is 0 Å². The molecule has 0 aliphatic heterocycles. The van der Waals surface area contributed by atoms with Crippen molar-refractivity contribution in [3.63, 3.8) is 0 Å². The minimum atomic E-state index is -4.68. The lowest BCUT2D eigenvalue weighted by Crippen LogP contribution is -2.24. The molecule has 280 valence electrons. The first-order valence-corrected chi connectivity index (χ1v) is 23.2. The SMILES string of the molecule is O=C(Oc1c(C2CCCCC2)cc(S(=O)(=O)[O-])cc1C1CCCCC1)c1c(C2CC3CCC2C3)cc(C2CC3CCC2C3)cc1C1CC2CCC1C2. The van der Waals surface area contributed by atoms with Crippen molar-refractivity contribution in [2.45, 2.75) is 176 Å². The van der Waals surface area contributed by atoms with E-state index in [1.165, 1.54) is 93.7 Å². The van der Waals surface area contributed by atoms with Gasteiger partial charge in [0.1, 0.15) is 15.9 Å². The van der Waals surface area contributed by atoms with E-state index in [0.717, 1.165) is 105 Å². The van der Waals surface area contributed by atoms with Crippen LogP contribution in [0.2, 0.25) is 0 Å². The molecule has 6 heteroatoms. The summed E-state index contributed by atoms with van der Waals surface area (Å²) in [4.78, 5) is 15.3. The lowest BCUT2D eigenvalue weighted by molar-refractivity contribution is 0.0724. The Morgan fingerprint density at radius 3 is 1.37 bits per heavy atom. The zero-order valence-corrected chi connectivity index (χ0v) is 32.0. The highest BCUT2D eigenvalue weighted by atomic mass is 32.2. The molecule has 0 radical (unpaired) electrons. The van der Waals surface area contributed by atoms with Crippen LogP contribution in [0.5, 0.6) is 5.75 Å². The van der Waals surface area contributed by atoms with Gasteiger partial charge in [0, 0.05) is 0 Å². The first-order chi connectivity index (χ1) is 25.3. The molecule has 6 bridgehead atoms. The third-order valence-corrected chi connectivity index (χ3v) is 17.4. The summed E-state index contributed by atoms with van der Waals surface area (Å²) in [5.74, 6) is 6.54. The van der Waals surface area contributed by atoms with E-state index in [4.69, 9.17) is 4.74 Å². The molecule has 9 unspecified atom stereocenters. The summed E-state index contributed by atoms with van der Waals surface area (Å²) in [6.07, 6.45) is 25.9. The molecule has 8 aliphatic carbocycles. The first kappa shape index (κ1) is 34.3. The molecule has 2 aromatic rings. The van der Waals surface area contributed by atoms with Gasteiger partial charge in [0.25, 0.3) is 0 Å². The van der Waals surface area contributed by atoms with Crippen LogP contribution >= 0.6 is 0 Å². The molecule has 9 atom stereocenters. The monoisotopic (exact) mass is 723 g/mol. The average Bonchev–Trinajstić information content (AvgIpc) is 4.04. The molecule has 10 rings (SSSR count). The van der Waals surface area contributed by atoms with Crippen LogP contribution in [0, 0.1) is 35.5 Å². The van der Waals surface area contributed by atoms with E-state index >= 15 is 4.79 Å². The normalized spacial score (nSPS) is 35.9. The lowest BCUT2D eigenvalue weighted by atomic mass is 9.72. The topological polar surface area (TPSA) is 83.5 Å². The maximum Gasteiger partial charge on any atom is 0.344 e. The molecule has 0 N–H and O–H groups in total. The van der Waals surface area contributed by atoms with Crippen LogP contribution < -0.4 is 4.74 Å². The molecule has 52 heavy (non-hydrogen) atoms. The number of rotatable bonds is 8. The third kappa shape index (κ3) is 6.13. The van der Waals surface area contributed by atoms with E-state index < -0.39 is 10.1 Å². The quantitative estimate of drug-likeness (QED) is 0.154. The molecule has 0 saturated heterocycles. The van der Waals surface area contributed by atoms with Gasteiger partial charge in [-0.1, -0.05) is 69.9 Å². The second-order valence-corrected chi connectivity index (χ2v) is 20.7. The summed E-state index contributed by atoms with van der Waals surface area (Å²) in [6.45, 7) is 0. The average molecular weight is 724 g/mol. The number of carbonyl (C=O) groups is 1. The van der Waals surface area contributed by atoms with Gasteiger partial charge in [-0.3, -0.25) is 0 Å². The van der Waals surface area contributed by atoms with Gasteiger partial charge in [-0.25, -0.2) is 13.2 Å². The Morgan fingerprint density at radius 1 is 0.538 bits per heavy atom. The summed E-state index contributed by atoms with van der Waals surface area (Å²) < 4.78 is 45.1. The Bertz CT molecular complexity index is 1730. The zero-order chi connectivity index (χ0) is 35.1. The molecule has 2 aromatic carbocycles. The molecular formula is C46H59O5S-. The fourth-order valence-corrected chi connectivity index (χ4v) is 14.7. The zero-order valence-electron chi connectivity index (χ0n) is 31.2. The fraction of sp³-hybridized carbons (Fsp3) is 0.717. The number of fused-ring (bicyclic) bond motifs is 6. The highest BCUT2D eigenvalue weighted by molar-refractivity contribution is 7.85. The largest absolute Gasteiger partial charge is 0.744 e. The number of hydrogen-bond donors (Lipinski definition) is 0. The van der Waals surface area contributed by atoms with Crippen molar-refractivity contribution < 1.29 is 22.5 Å². The van der Waals surface area contributed by atoms with Gasteiger partial charge in [0.15, 0.2) is 0 Å². The van der Waals surface area contributed by atoms with Gasteiger partial charge < -0.3 is 9.29 Å². The van der Waals surface area contributed by atoms with Crippen molar-refractivity contribution in [3.05, 3.63) is 57.6 Å². The third-order valence-electron chi connectivity index (χ3n) is 16.6. The first-order valence-electron chi connectivity index (χ1n) is 21.8. The molecule has 8 fully saturated rings. The Kier molecular flexibility index (Phi) is 8.93. The van der Waals surface area contributed by atoms with Gasteiger partial charge in [-0.15, -0.1) is 0 Å². The highest BCUT2D eigenvalue weighted by Gasteiger charge is 2.47. The predicted octanol–water partition coefficient (Wildman–Crippen LogP) is 11.6. The van der Waals surface area contributed by atoms with Crippen LogP contribution in [0.25, 0.3) is 0 Å². The van der Waals surface area contributed by atoms with Crippen LogP contribution in [0.3, 0.4) is 0 Å². The number of carbonyl (C=O) groups excluding carboxylic acids is 1.